The summed E-state index contributed by atoms with van der Waals surface area (Å²) in [6, 6.07) is 9.43. The van der Waals surface area contributed by atoms with Gasteiger partial charge in [-0.15, -0.1) is 0 Å². The summed E-state index contributed by atoms with van der Waals surface area (Å²) in [7, 11) is -8.74. The normalized spacial score (nSPS) is 12.9. The van der Waals surface area contributed by atoms with E-state index in [1.165, 1.54) is 62.6 Å². The molecule has 2 aromatic carbocycles. The predicted molar refractivity (Wildman–Crippen MR) is 90.8 cm³/mol. The highest BCUT2D eigenvalue weighted by Crippen LogP contribution is 2.23. The molecule has 0 aliphatic rings. The summed E-state index contributed by atoms with van der Waals surface area (Å²) in [6.45, 7) is 0. The molecule has 0 heterocycles. The molecule has 136 valence electrons. The Bertz CT molecular complexity index is 989. The van der Waals surface area contributed by atoms with Crippen molar-refractivity contribution in [2.24, 2.45) is 0 Å². The molecule has 0 bridgehead atoms. The van der Waals surface area contributed by atoms with E-state index in [9.17, 15) is 25.3 Å². The Morgan fingerprint density at radius 2 is 0.760 bits per heavy atom. The van der Waals surface area contributed by atoms with E-state index >= 15 is 0 Å². The molecule has 0 unspecified atom stereocenters. The van der Waals surface area contributed by atoms with Gasteiger partial charge < -0.3 is 0 Å². The van der Waals surface area contributed by atoms with Crippen molar-refractivity contribution < 1.29 is 25.3 Å². The molecule has 2 rings (SSSR count). The second-order valence-electron chi connectivity index (χ2n) is 4.86. The summed E-state index contributed by atoms with van der Waals surface area (Å²) in [6.07, 6.45) is 0. The van der Waals surface area contributed by atoms with Crippen LogP contribution >= 0.6 is 0 Å². The molecular formula is C14H16N2O6S3. The van der Waals surface area contributed by atoms with Crippen LogP contribution in [0.1, 0.15) is 0 Å². The monoisotopic (exact) mass is 404 g/mol. The predicted octanol–water partition coefficient (Wildman–Crippen LogP) is 0.336. The molecule has 0 amide bonds. The van der Waals surface area contributed by atoms with Crippen LogP contribution in [0.5, 0.6) is 0 Å². The van der Waals surface area contributed by atoms with E-state index in [0.29, 0.717) is 0 Å². The highest BCUT2D eigenvalue weighted by atomic mass is 32.2. The Morgan fingerprint density at radius 1 is 0.520 bits per heavy atom. The first kappa shape index (κ1) is 19.5. The van der Waals surface area contributed by atoms with Crippen molar-refractivity contribution in [3.8, 4) is 0 Å². The van der Waals surface area contributed by atoms with Gasteiger partial charge in [-0.1, -0.05) is 0 Å². The molecule has 0 atom stereocenters. The van der Waals surface area contributed by atoms with Crippen molar-refractivity contribution in [1.82, 2.24) is 9.44 Å². The van der Waals surface area contributed by atoms with Gasteiger partial charge in [-0.2, -0.15) is 0 Å². The minimum atomic E-state index is -3.91. The van der Waals surface area contributed by atoms with E-state index in [4.69, 9.17) is 0 Å². The zero-order chi connectivity index (χ0) is 18.9. The van der Waals surface area contributed by atoms with Crippen molar-refractivity contribution in [2.75, 3.05) is 14.1 Å². The van der Waals surface area contributed by atoms with E-state index in [2.05, 4.69) is 9.44 Å². The summed E-state index contributed by atoms with van der Waals surface area (Å²) < 4.78 is 76.1. The van der Waals surface area contributed by atoms with Crippen LogP contribution in [-0.4, -0.2) is 39.3 Å². The number of sulfone groups is 1. The fraction of sp³-hybridized carbons (Fsp3) is 0.143. The summed E-state index contributed by atoms with van der Waals surface area (Å²) >= 11 is 0. The van der Waals surface area contributed by atoms with E-state index in [1.54, 1.807) is 0 Å². The molecule has 0 aliphatic carbocycles. The van der Waals surface area contributed by atoms with Crippen molar-refractivity contribution in [3.63, 3.8) is 0 Å². The average molecular weight is 404 g/mol. The van der Waals surface area contributed by atoms with E-state index in [-0.39, 0.29) is 19.6 Å². The molecule has 0 radical (unpaired) electrons. The Labute approximate surface area is 146 Å². The van der Waals surface area contributed by atoms with Crippen molar-refractivity contribution in [2.45, 2.75) is 19.6 Å². The summed E-state index contributed by atoms with van der Waals surface area (Å²) in [4.78, 5) is -0.340. The minimum absolute atomic E-state index is 0.0654. The van der Waals surface area contributed by atoms with E-state index in [1.807, 2.05) is 0 Å². The first-order chi connectivity index (χ1) is 11.5. The minimum Gasteiger partial charge on any atom is -0.219 e. The zero-order valence-corrected chi connectivity index (χ0v) is 15.7. The molecular weight excluding hydrogens is 388 g/mol. The van der Waals surface area contributed by atoms with Gasteiger partial charge in [0.05, 0.1) is 19.6 Å². The molecule has 0 saturated carbocycles. The number of nitrogens with one attached hydrogen (secondary N) is 2. The van der Waals surface area contributed by atoms with Gasteiger partial charge in [0, 0.05) is 0 Å². The van der Waals surface area contributed by atoms with E-state index < -0.39 is 29.9 Å². The Kier molecular flexibility index (Phi) is 5.35. The first-order valence-electron chi connectivity index (χ1n) is 6.87. The molecule has 0 aromatic heterocycles. The van der Waals surface area contributed by atoms with Gasteiger partial charge in [-0.3, -0.25) is 0 Å². The van der Waals surface area contributed by atoms with Crippen LogP contribution in [0.4, 0.5) is 0 Å². The van der Waals surface area contributed by atoms with Crippen LogP contribution < -0.4 is 9.44 Å². The average Bonchev–Trinajstić information content (AvgIpc) is 2.62. The van der Waals surface area contributed by atoms with Crippen LogP contribution in [-0.2, 0) is 29.9 Å². The van der Waals surface area contributed by atoms with Crippen LogP contribution in [0.25, 0.3) is 0 Å². The second kappa shape index (κ2) is 6.84. The largest absolute Gasteiger partial charge is 0.240 e. The molecule has 2 N–H and O–H groups in total. The van der Waals surface area contributed by atoms with Crippen LogP contribution in [0.3, 0.4) is 0 Å². The lowest BCUT2D eigenvalue weighted by Gasteiger charge is -2.08. The summed E-state index contributed by atoms with van der Waals surface area (Å²) in [5.74, 6) is 0. The number of hydrogen-bond acceptors (Lipinski definition) is 6. The molecule has 0 fully saturated rings. The van der Waals surface area contributed by atoms with Crippen LogP contribution in [0.2, 0.25) is 0 Å². The molecule has 0 aliphatic heterocycles. The van der Waals surface area contributed by atoms with Gasteiger partial charge in [0.1, 0.15) is 0 Å². The fourth-order valence-corrected chi connectivity index (χ4v) is 4.69. The van der Waals surface area contributed by atoms with Crippen LogP contribution in [0, 0.1) is 0 Å². The molecule has 11 heteroatoms. The number of rotatable bonds is 6. The van der Waals surface area contributed by atoms with Crippen molar-refractivity contribution in [3.05, 3.63) is 48.5 Å². The van der Waals surface area contributed by atoms with Crippen molar-refractivity contribution in [1.29, 1.82) is 0 Å². The highest BCUT2D eigenvalue weighted by molar-refractivity contribution is 7.91. The maximum atomic E-state index is 12.6. The quantitative estimate of drug-likeness (QED) is 0.715. The highest BCUT2D eigenvalue weighted by Gasteiger charge is 2.20. The Morgan fingerprint density at radius 3 is 1.00 bits per heavy atom. The molecule has 2 aromatic rings. The molecule has 25 heavy (non-hydrogen) atoms. The SMILES string of the molecule is CNS(=O)(=O)c1ccc(S(=O)(=O)c2ccc(S(=O)(=O)NC)cc2)cc1. The topological polar surface area (TPSA) is 126 Å². The van der Waals surface area contributed by atoms with Gasteiger partial charge >= 0.3 is 0 Å². The molecule has 0 saturated heterocycles. The standard InChI is InChI=1S/C14H16N2O6S3/c1-15-24(19,20)13-7-3-11(4-8-13)23(17,18)12-5-9-14(10-6-12)25(21,22)16-2/h3-10,15-16H,1-2H3. The molecule has 0 spiro atoms. The lowest BCUT2D eigenvalue weighted by atomic mass is 10.4. The Hall–Kier alpha value is -1.79. The molecule has 8 nitrogen and oxygen atoms in total. The van der Waals surface area contributed by atoms with Crippen molar-refractivity contribution >= 4 is 29.9 Å². The second-order valence-corrected chi connectivity index (χ2v) is 10.6. The van der Waals surface area contributed by atoms with Gasteiger partial charge in [-0.25, -0.2) is 34.7 Å². The van der Waals surface area contributed by atoms with Gasteiger partial charge in [0.15, 0.2) is 0 Å². The Balaban J connectivity index is 2.42. The fourth-order valence-electron chi connectivity index (χ4n) is 1.97. The van der Waals surface area contributed by atoms with Gasteiger partial charge in [-0.05, 0) is 62.6 Å². The number of hydrogen-bond donors (Lipinski definition) is 2. The summed E-state index contributed by atoms with van der Waals surface area (Å²) in [5, 5.41) is 0. The lowest BCUT2D eigenvalue weighted by Crippen LogP contribution is -2.18. The van der Waals surface area contributed by atoms with Gasteiger partial charge in [0.25, 0.3) is 0 Å². The first-order valence-corrected chi connectivity index (χ1v) is 11.3. The van der Waals surface area contributed by atoms with Gasteiger partial charge in [0.2, 0.25) is 29.9 Å². The van der Waals surface area contributed by atoms with E-state index in [0.717, 1.165) is 0 Å². The zero-order valence-electron chi connectivity index (χ0n) is 13.3. The van der Waals surface area contributed by atoms with Crippen LogP contribution in [0.15, 0.2) is 68.1 Å². The lowest BCUT2D eigenvalue weighted by molar-refractivity contribution is 0.586. The summed E-state index contributed by atoms with van der Waals surface area (Å²) in [5.41, 5.74) is 0. The number of sulfonamides is 2. The third-order valence-electron chi connectivity index (χ3n) is 3.43. The number of benzene rings is 2. The smallest absolute Gasteiger partial charge is 0.219 e. The maximum Gasteiger partial charge on any atom is 0.240 e. The third-order valence-corrected chi connectivity index (χ3v) is 8.07. The maximum absolute atomic E-state index is 12.6. The third kappa shape index (κ3) is 3.90.